The average Bonchev–Trinajstić information content (AvgIpc) is 0.778. The fraction of sp³-hybridized carbons (Fsp3) is 0.247. The SMILES string of the molecule is CNC(=O)[C@H](NC(=O)[C@H](NC(=O)[C@@H](CSC(c1ccccc1)(c1ccccc1)c1ccccc1)N(C)C(=O)OC(C)(C)C)C(SCc1ccccc1)(SCc1ccccc1)SCc1ccccc1)C(SCc1ccccc1)(SCc1ccccc1)SCc1ccccc1. The zero-order chi connectivity index (χ0) is 65.4. The summed E-state index contributed by atoms with van der Waals surface area (Å²) in [5, 5.41) is 9.97. The molecule has 0 aromatic heterocycles. The number of hydrogen-bond acceptors (Lipinski definition) is 12. The van der Waals surface area contributed by atoms with Crippen LogP contribution in [-0.2, 0) is 58.4 Å². The van der Waals surface area contributed by atoms with Crippen molar-refractivity contribution in [2.45, 2.75) is 90.6 Å². The number of carbonyl (C=O) groups is 4. The third kappa shape index (κ3) is 19.8. The van der Waals surface area contributed by atoms with Crippen LogP contribution in [0.3, 0.4) is 0 Å². The van der Waals surface area contributed by atoms with Crippen LogP contribution < -0.4 is 16.0 Å². The number of benzene rings is 9. The molecule has 0 aliphatic carbocycles. The van der Waals surface area contributed by atoms with Gasteiger partial charge in [-0.15, -0.1) is 82.3 Å². The topological polar surface area (TPSA) is 117 Å². The van der Waals surface area contributed by atoms with Crippen molar-refractivity contribution in [1.82, 2.24) is 20.9 Å². The molecule has 0 fully saturated rings. The van der Waals surface area contributed by atoms with Gasteiger partial charge in [-0.1, -0.05) is 273 Å². The lowest BCUT2D eigenvalue weighted by Gasteiger charge is -2.43. The van der Waals surface area contributed by atoms with Crippen molar-refractivity contribution in [1.29, 1.82) is 0 Å². The highest BCUT2D eigenvalue weighted by molar-refractivity contribution is 8.33. The highest BCUT2D eigenvalue weighted by Gasteiger charge is 2.52. The zero-order valence-corrected chi connectivity index (χ0v) is 58.7. The Kier molecular flexibility index (Phi) is 26.5. The van der Waals surface area contributed by atoms with Crippen LogP contribution in [0.25, 0.3) is 0 Å². The van der Waals surface area contributed by atoms with Gasteiger partial charge in [0.2, 0.25) is 17.7 Å². The molecule has 0 bridgehead atoms. The standard InChI is InChI=1S/C77H80N4O5S7/c1-74(2,3)86-73(85)81(5)67(57-87-75(64-45-27-12-28-46-64,65-47-29-13-30-48-65)66-49-31-14-32-50-66)70(82)79-69(77(91-54-61-39-21-9-22-40-61,92-55-62-41-23-10-24-42-62)93-56-63-43-25-11-26-44-63)72(84)80-68(71(83)78-4)76(88-51-58-33-15-6-16-34-58,89-52-59-35-17-7-18-36-59)90-53-60-37-19-8-20-38-60/h6-50,67-69H,51-57H2,1-5H3,(H,78,83)(H,79,82)(H,80,84)/t67-,68+,69+/m1/s1. The summed E-state index contributed by atoms with van der Waals surface area (Å²) in [6.45, 7) is 5.41. The van der Waals surface area contributed by atoms with Crippen LogP contribution in [0.1, 0.15) is 70.8 Å². The van der Waals surface area contributed by atoms with E-state index >= 15 is 14.4 Å². The summed E-state index contributed by atoms with van der Waals surface area (Å²) in [4.78, 5) is 65.7. The molecule has 93 heavy (non-hydrogen) atoms. The second-order valence-corrected chi connectivity index (χ2v) is 33.2. The summed E-state index contributed by atoms with van der Waals surface area (Å²) in [7, 11) is 3.21. The molecule has 0 unspecified atom stereocenters. The van der Waals surface area contributed by atoms with Crippen LogP contribution in [0.2, 0.25) is 0 Å². The number of rotatable bonds is 32. The van der Waals surface area contributed by atoms with Gasteiger partial charge >= 0.3 is 6.09 Å². The molecule has 0 radical (unpaired) electrons. The fourth-order valence-corrected chi connectivity index (χ4v) is 21.5. The Labute approximate surface area is 579 Å². The van der Waals surface area contributed by atoms with Crippen molar-refractivity contribution in [3.8, 4) is 0 Å². The van der Waals surface area contributed by atoms with Gasteiger partial charge in [0.25, 0.3) is 0 Å². The molecule has 16 heteroatoms. The Morgan fingerprint density at radius 2 is 0.613 bits per heavy atom. The van der Waals surface area contributed by atoms with E-state index in [1.54, 1.807) is 105 Å². The van der Waals surface area contributed by atoms with Gasteiger partial charge in [0.15, 0.2) is 0 Å². The third-order valence-electron chi connectivity index (χ3n) is 15.2. The first-order valence-electron chi connectivity index (χ1n) is 30.8. The summed E-state index contributed by atoms with van der Waals surface area (Å²) in [6.07, 6.45) is -0.707. The smallest absolute Gasteiger partial charge is 0.410 e. The summed E-state index contributed by atoms with van der Waals surface area (Å²) < 4.78 is 2.88. The molecule has 0 spiro atoms. The van der Waals surface area contributed by atoms with Gasteiger partial charge in [-0.05, 0) is 70.8 Å². The molecular formula is C77H80N4O5S7. The van der Waals surface area contributed by atoms with E-state index in [2.05, 4.69) is 125 Å². The Morgan fingerprint density at radius 1 is 0.366 bits per heavy atom. The van der Waals surface area contributed by atoms with E-state index in [9.17, 15) is 4.79 Å². The Morgan fingerprint density at radius 3 is 0.871 bits per heavy atom. The maximum absolute atomic E-state index is 17.2. The molecular weight excluding hydrogens is 1290 g/mol. The number of hydrogen-bond donors (Lipinski definition) is 3. The molecule has 0 saturated heterocycles. The number of thioether (sulfide) groups is 7. The largest absolute Gasteiger partial charge is 0.444 e. The highest BCUT2D eigenvalue weighted by Crippen LogP contribution is 2.56. The first-order chi connectivity index (χ1) is 45.2. The molecule has 0 aliphatic heterocycles. The number of ether oxygens (including phenoxy) is 1. The fourth-order valence-electron chi connectivity index (χ4n) is 10.3. The minimum absolute atomic E-state index is 0.0411. The van der Waals surface area contributed by atoms with E-state index in [0.717, 1.165) is 50.1 Å². The second-order valence-electron chi connectivity index (χ2n) is 23.0. The number of carbonyl (C=O) groups excluding carboxylic acids is 4. The van der Waals surface area contributed by atoms with Gasteiger partial charge in [0.05, 0.1) is 4.75 Å². The Bertz CT molecular complexity index is 3410. The van der Waals surface area contributed by atoms with Gasteiger partial charge in [-0.3, -0.25) is 19.3 Å². The molecule has 0 heterocycles. The third-order valence-corrected chi connectivity index (χ3v) is 27.8. The van der Waals surface area contributed by atoms with Gasteiger partial charge in [0.1, 0.15) is 30.5 Å². The second kappa shape index (κ2) is 35.0. The van der Waals surface area contributed by atoms with E-state index in [1.807, 2.05) is 164 Å². The minimum atomic E-state index is -1.40. The molecule has 3 N–H and O–H groups in total. The normalized spacial score (nSPS) is 12.8. The lowest BCUT2D eigenvalue weighted by molar-refractivity contribution is -0.132. The predicted molar refractivity (Wildman–Crippen MR) is 399 cm³/mol. The van der Waals surface area contributed by atoms with Crippen molar-refractivity contribution in [2.75, 3.05) is 19.8 Å². The first-order valence-corrected chi connectivity index (χ1v) is 37.7. The van der Waals surface area contributed by atoms with E-state index < -0.39 is 59.1 Å². The number of amides is 4. The van der Waals surface area contributed by atoms with Crippen molar-refractivity contribution < 1.29 is 23.9 Å². The minimum Gasteiger partial charge on any atom is -0.444 e. The maximum atomic E-state index is 17.2. The van der Waals surface area contributed by atoms with Gasteiger partial charge in [0, 0.05) is 54.4 Å². The molecule has 9 aromatic rings. The van der Waals surface area contributed by atoms with Crippen LogP contribution in [0.15, 0.2) is 273 Å². The molecule has 4 amide bonds. The summed E-state index contributed by atoms with van der Waals surface area (Å²) in [5.41, 5.74) is 8.21. The van der Waals surface area contributed by atoms with Gasteiger partial charge < -0.3 is 20.7 Å². The summed E-state index contributed by atoms with van der Waals surface area (Å²) in [6, 6.07) is 87.8. The highest BCUT2D eigenvalue weighted by atomic mass is 32.3. The molecule has 9 aromatic carbocycles. The summed E-state index contributed by atoms with van der Waals surface area (Å²) >= 11 is 11.1. The predicted octanol–water partition coefficient (Wildman–Crippen LogP) is 17.6. The lowest BCUT2D eigenvalue weighted by atomic mass is 9.84. The monoisotopic (exact) mass is 1360 g/mol. The first kappa shape index (κ1) is 70.4. The van der Waals surface area contributed by atoms with E-state index in [1.165, 1.54) is 16.7 Å². The molecule has 0 aliphatic rings. The number of nitrogens with one attached hydrogen (secondary N) is 3. The quantitative estimate of drug-likeness (QED) is 0.0275. The lowest BCUT2D eigenvalue weighted by Crippen LogP contribution is -2.64. The van der Waals surface area contributed by atoms with E-state index in [-0.39, 0.29) is 5.75 Å². The van der Waals surface area contributed by atoms with Crippen LogP contribution in [0, 0.1) is 0 Å². The molecule has 480 valence electrons. The number of nitrogens with zero attached hydrogens (tertiary/aromatic N) is 1. The zero-order valence-electron chi connectivity index (χ0n) is 53.0. The Hall–Kier alpha value is -6.89. The Balaban J connectivity index is 1.24. The molecule has 9 nitrogen and oxygen atoms in total. The summed E-state index contributed by atoms with van der Waals surface area (Å²) in [5.74, 6) is 1.38. The van der Waals surface area contributed by atoms with Crippen LogP contribution >= 0.6 is 82.3 Å². The van der Waals surface area contributed by atoms with Crippen LogP contribution in [0.4, 0.5) is 4.79 Å². The van der Waals surface area contributed by atoms with E-state index in [0.29, 0.717) is 34.5 Å². The number of likely N-dealkylation sites (N-methyl/N-ethyl adjacent to an activating group) is 2. The van der Waals surface area contributed by atoms with Crippen molar-refractivity contribution in [3.63, 3.8) is 0 Å². The molecule has 0 saturated carbocycles. The maximum Gasteiger partial charge on any atom is 0.410 e. The van der Waals surface area contributed by atoms with Gasteiger partial charge in [-0.2, -0.15) is 0 Å². The average molecular weight is 1370 g/mol. The van der Waals surface area contributed by atoms with Crippen molar-refractivity contribution in [3.05, 3.63) is 323 Å². The van der Waals surface area contributed by atoms with Crippen LogP contribution in [0.5, 0.6) is 0 Å². The van der Waals surface area contributed by atoms with Gasteiger partial charge in [-0.25, -0.2) is 4.79 Å². The molecule has 3 atom stereocenters. The van der Waals surface area contributed by atoms with Crippen molar-refractivity contribution in [2.24, 2.45) is 0 Å². The van der Waals surface area contributed by atoms with E-state index in [4.69, 9.17) is 4.74 Å². The van der Waals surface area contributed by atoms with Crippen LogP contribution in [-0.4, -0.2) is 79.1 Å². The molecule has 9 rings (SSSR count). The van der Waals surface area contributed by atoms with Crippen molar-refractivity contribution >= 4 is 106 Å².